The van der Waals surface area contributed by atoms with E-state index in [2.05, 4.69) is 4.98 Å². The molecular formula is C29H34FN3O3. The largest absolute Gasteiger partial charge is 0.472 e. The third kappa shape index (κ3) is 5.74. The van der Waals surface area contributed by atoms with Gasteiger partial charge in [-0.15, -0.1) is 0 Å². The summed E-state index contributed by atoms with van der Waals surface area (Å²) in [5.41, 5.74) is 3.93. The summed E-state index contributed by atoms with van der Waals surface area (Å²) in [5.74, 6) is -0.210. The van der Waals surface area contributed by atoms with Crippen molar-refractivity contribution < 1.29 is 19.0 Å². The number of nitrogens with zero attached hydrogens (tertiary/aromatic N) is 3. The second-order valence-corrected chi connectivity index (χ2v) is 9.85. The molecule has 0 saturated carbocycles. The number of halogens is 1. The molecule has 3 aromatic rings. The van der Waals surface area contributed by atoms with Gasteiger partial charge in [-0.1, -0.05) is 55.0 Å². The predicted octanol–water partition coefficient (Wildman–Crippen LogP) is 4.55. The smallest absolute Gasteiger partial charge is 0.259 e. The number of aromatic nitrogens is 1. The van der Waals surface area contributed by atoms with Gasteiger partial charge in [0.05, 0.1) is 12.6 Å². The summed E-state index contributed by atoms with van der Waals surface area (Å²) >= 11 is 0. The summed E-state index contributed by atoms with van der Waals surface area (Å²) in [6.45, 7) is 7.12. The molecular weight excluding hydrogens is 457 g/mol. The first kappa shape index (κ1) is 25.8. The van der Waals surface area contributed by atoms with Crippen LogP contribution in [0.2, 0.25) is 0 Å². The minimum Gasteiger partial charge on any atom is -0.472 e. The molecule has 6 nitrogen and oxygen atoms in total. The van der Waals surface area contributed by atoms with E-state index in [0.717, 1.165) is 16.7 Å². The van der Waals surface area contributed by atoms with Crippen molar-refractivity contribution in [3.05, 3.63) is 83.3 Å². The normalized spacial score (nSPS) is 18.9. The minimum absolute atomic E-state index is 0.0438. The number of carbonyl (C=O) groups is 1. The lowest BCUT2D eigenvalue weighted by Gasteiger charge is -2.37. The molecule has 1 N–H and O–H groups in total. The number of hydrogen-bond donors (Lipinski definition) is 1. The zero-order valence-corrected chi connectivity index (χ0v) is 21.3. The summed E-state index contributed by atoms with van der Waals surface area (Å²) in [4.78, 5) is 21.9. The highest BCUT2D eigenvalue weighted by atomic mass is 19.1. The minimum atomic E-state index is -0.356. The quantitative estimate of drug-likeness (QED) is 0.525. The Bertz CT molecular complexity index is 1200. The van der Waals surface area contributed by atoms with Crippen LogP contribution in [-0.4, -0.2) is 64.7 Å². The third-order valence-electron chi connectivity index (χ3n) is 6.80. The standard InChI is InChI=1S/C29H34FN3O3/c1-19-9-11-22(12-10-19)24-13-25-28(31-14-24)36-27(20(2)15-33(29(25)35)21(3)18-34)17-32(4)16-23-7-5-6-8-26(23)30/h5-14,20-21,27,34H,15-18H2,1-4H3/t20-,21-,27+/m0/s1. The van der Waals surface area contributed by atoms with Gasteiger partial charge in [0.1, 0.15) is 17.5 Å². The molecule has 0 saturated heterocycles. The third-order valence-corrected chi connectivity index (χ3v) is 6.80. The van der Waals surface area contributed by atoms with E-state index < -0.39 is 0 Å². The number of fused-ring (bicyclic) bond motifs is 1. The van der Waals surface area contributed by atoms with Crippen LogP contribution in [-0.2, 0) is 6.54 Å². The van der Waals surface area contributed by atoms with Crippen LogP contribution in [0.3, 0.4) is 0 Å². The van der Waals surface area contributed by atoms with Crippen LogP contribution in [0.5, 0.6) is 5.88 Å². The van der Waals surface area contributed by atoms with Crippen LogP contribution in [0.15, 0.2) is 60.8 Å². The van der Waals surface area contributed by atoms with Crippen LogP contribution in [0.25, 0.3) is 11.1 Å². The van der Waals surface area contributed by atoms with Crippen molar-refractivity contribution in [1.29, 1.82) is 0 Å². The van der Waals surface area contributed by atoms with Gasteiger partial charge in [0.2, 0.25) is 5.88 Å². The first-order chi connectivity index (χ1) is 17.3. The Hall–Kier alpha value is -3.29. The fraction of sp³-hybridized carbons (Fsp3) is 0.379. The van der Waals surface area contributed by atoms with E-state index >= 15 is 0 Å². The molecule has 0 unspecified atom stereocenters. The maximum absolute atomic E-state index is 14.2. The lowest BCUT2D eigenvalue weighted by Crippen LogP contribution is -2.49. The number of pyridine rings is 1. The van der Waals surface area contributed by atoms with Gasteiger partial charge in [-0.05, 0) is 38.6 Å². The molecule has 190 valence electrons. The number of likely N-dealkylation sites (N-methyl/N-ethyl adjacent to an activating group) is 1. The fourth-order valence-electron chi connectivity index (χ4n) is 4.51. The van der Waals surface area contributed by atoms with Gasteiger partial charge in [0.15, 0.2) is 0 Å². The van der Waals surface area contributed by atoms with E-state index in [1.165, 1.54) is 6.07 Å². The van der Waals surface area contributed by atoms with Crippen LogP contribution in [0, 0.1) is 18.7 Å². The SMILES string of the molecule is Cc1ccc(-c2cnc3c(c2)C(=O)N([C@@H](C)CO)C[C@H](C)[C@@H](CN(C)Cc2ccccc2F)O3)cc1. The number of hydrogen-bond acceptors (Lipinski definition) is 5. The topological polar surface area (TPSA) is 65.9 Å². The van der Waals surface area contributed by atoms with Gasteiger partial charge < -0.3 is 14.7 Å². The second-order valence-electron chi connectivity index (χ2n) is 9.85. The van der Waals surface area contributed by atoms with Crippen LogP contribution >= 0.6 is 0 Å². The van der Waals surface area contributed by atoms with Crippen molar-refractivity contribution in [2.24, 2.45) is 5.92 Å². The fourth-order valence-corrected chi connectivity index (χ4v) is 4.51. The van der Waals surface area contributed by atoms with E-state index in [-0.39, 0.29) is 42.3 Å². The average Bonchev–Trinajstić information content (AvgIpc) is 2.87. The van der Waals surface area contributed by atoms with E-state index in [0.29, 0.717) is 30.8 Å². The number of aryl methyl sites for hydroxylation is 1. The van der Waals surface area contributed by atoms with Crippen molar-refractivity contribution in [3.63, 3.8) is 0 Å². The molecule has 36 heavy (non-hydrogen) atoms. The number of rotatable bonds is 7. The van der Waals surface area contributed by atoms with Gasteiger partial charge >= 0.3 is 0 Å². The Morgan fingerprint density at radius 1 is 1.19 bits per heavy atom. The molecule has 2 heterocycles. The van der Waals surface area contributed by atoms with E-state index in [1.807, 2.05) is 69.1 Å². The molecule has 0 radical (unpaired) electrons. The molecule has 0 spiro atoms. The second kappa shape index (κ2) is 11.2. The van der Waals surface area contributed by atoms with E-state index in [4.69, 9.17) is 4.74 Å². The van der Waals surface area contributed by atoms with Gasteiger partial charge in [-0.2, -0.15) is 0 Å². The van der Waals surface area contributed by atoms with Crippen LogP contribution in [0.1, 0.15) is 35.3 Å². The number of aliphatic hydroxyl groups is 1. The first-order valence-electron chi connectivity index (χ1n) is 12.3. The number of amides is 1. The molecule has 2 aromatic carbocycles. The maximum atomic E-state index is 14.2. The van der Waals surface area contributed by atoms with E-state index in [9.17, 15) is 14.3 Å². The Kier molecular flexibility index (Phi) is 8.01. The summed E-state index contributed by atoms with van der Waals surface area (Å²) in [5, 5.41) is 9.88. The monoisotopic (exact) mass is 491 g/mol. The molecule has 3 atom stereocenters. The number of carbonyl (C=O) groups excluding carboxylic acids is 1. The zero-order chi connectivity index (χ0) is 25.8. The summed E-state index contributed by atoms with van der Waals surface area (Å²) in [7, 11) is 1.93. The molecule has 4 rings (SSSR count). The molecule has 1 aromatic heterocycles. The van der Waals surface area contributed by atoms with Crippen molar-refractivity contribution in [3.8, 4) is 17.0 Å². The van der Waals surface area contributed by atoms with Crippen molar-refractivity contribution in [2.75, 3.05) is 26.7 Å². The average molecular weight is 492 g/mol. The van der Waals surface area contributed by atoms with E-state index in [1.54, 1.807) is 23.2 Å². The Labute approximate surface area is 212 Å². The molecule has 0 fully saturated rings. The molecule has 0 bridgehead atoms. The molecule has 7 heteroatoms. The summed E-state index contributed by atoms with van der Waals surface area (Å²) < 4.78 is 20.6. The zero-order valence-electron chi connectivity index (χ0n) is 21.3. The Morgan fingerprint density at radius 3 is 2.61 bits per heavy atom. The highest BCUT2D eigenvalue weighted by Gasteiger charge is 2.34. The Morgan fingerprint density at radius 2 is 1.92 bits per heavy atom. The van der Waals surface area contributed by atoms with Gasteiger partial charge in [0, 0.05) is 42.9 Å². The first-order valence-corrected chi connectivity index (χ1v) is 12.3. The predicted molar refractivity (Wildman–Crippen MR) is 138 cm³/mol. The lowest BCUT2D eigenvalue weighted by molar-refractivity contribution is 0.0324. The van der Waals surface area contributed by atoms with Gasteiger partial charge in [0.25, 0.3) is 5.91 Å². The van der Waals surface area contributed by atoms with Crippen LogP contribution in [0.4, 0.5) is 4.39 Å². The lowest BCUT2D eigenvalue weighted by atomic mass is 9.99. The molecule has 1 aliphatic rings. The number of benzene rings is 2. The van der Waals surface area contributed by atoms with Gasteiger partial charge in [-0.3, -0.25) is 9.69 Å². The summed E-state index contributed by atoms with van der Waals surface area (Å²) in [6.07, 6.45) is 1.43. The van der Waals surface area contributed by atoms with Crippen molar-refractivity contribution in [2.45, 2.75) is 39.5 Å². The number of aliphatic hydroxyl groups excluding tert-OH is 1. The summed E-state index contributed by atoms with van der Waals surface area (Å²) in [6, 6.07) is 16.3. The van der Waals surface area contributed by atoms with Crippen LogP contribution < -0.4 is 4.74 Å². The maximum Gasteiger partial charge on any atom is 0.259 e. The molecule has 0 aliphatic carbocycles. The Balaban J connectivity index is 1.65. The van der Waals surface area contributed by atoms with Crippen molar-refractivity contribution in [1.82, 2.24) is 14.8 Å². The molecule has 1 aliphatic heterocycles. The highest BCUT2D eigenvalue weighted by molar-refractivity contribution is 5.98. The molecule has 1 amide bonds. The van der Waals surface area contributed by atoms with Crippen molar-refractivity contribution >= 4 is 5.91 Å². The van der Waals surface area contributed by atoms with Gasteiger partial charge in [-0.25, -0.2) is 9.37 Å². The number of ether oxygens (including phenoxy) is 1. The highest BCUT2D eigenvalue weighted by Crippen LogP contribution is 2.30.